The normalized spacial score (nSPS) is 25.2. The van der Waals surface area contributed by atoms with Crippen LogP contribution in [0.5, 0.6) is 0 Å². The van der Waals surface area contributed by atoms with Crippen LogP contribution >= 0.6 is 0 Å². The Kier molecular flexibility index (Phi) is 7.06. The molecule has 2 amide bonds. The Balaban J connectivity index is 1.06. The van der Waals surface area contributed by atoms with Gasteiger partial charge in [-0.05, 0) is 44.2 Å². The van der Waals surface area contributed by atoms with E-state index in [0.29, 0.717) is 26.2 Å². The summed E-state index contributed by atoms with van der Waals surface area (Å²) < 4.78 is 66.0. The molecular formula is C30H34F5N5O2. The third-order valence-electron chi connectivity index (χ3n) is 9.62. The van der Waals surface area contributed by atoms with Gasteiger partial charge in [-0.2, -0.15) is 13.2 Å². The number of hydrogen-bond donors (Lipinski definition) is 0. The lowest BCUT2D eigenvalue weighted by atomic mass is 9.69. The summed E-state index contributed by atoms with van der Waals surface area (Å²) in [5.74, 6) is -4.52. The minimum Gasteiger partial charge on any atom is -0.341 e. The molecule has 1 aliphatic carbocycles. The van der Waals surface area contributed by atoms with Gasteiger partial charge in [0.25, 0.3) is 5.91 Å². The number of aryl methyl sites for hydroxylation is 2. The fourth-order valence-corrected chi connectivity index (χ4v) is 7.33. The van der Waals surface area contributed by atoms with Gasteiger partial charge in [0, 0.05) is 63.4 Å². The molecule has 4 fully saturated rings. The van der Waals surface area contributed by atoms with Crippen molar-refractivity contribution in [3.63, 3.8) is 0 Å². The molecule has 42 heavy (non-hydrogen) atoms. The maximum Gasteiger partial charge on any atom is 0.451 e. The lowest BCUT2D eigenvalue weighted by Gasteiger charge is -2.53. The summed E-state index contributed by atoms with van der Waals surface area (Å²) in [5.41, 5.74) is 1.13. The summed E-state index contributed by atoms with van der Waals surface area (Å²) in [6.45, 7) is 7.34. The van der Waals surface area contributed by atoms with Crippen molar-refractivity contribution in [1.29, 1.82) is 0 Å². The molecule has 0 unspecified atom stereocenters. The zero-order valence-electron chi connectivity index (χ0n) is 23.6. The number of likely N-dealkylation sites (tertiary alicyclic amines) is 3. The summed E-state index contributed by atoms with van der Waals surface area (Å²) in [4.78, 5) is 39.0. The van der Waals surface area contributed by atoms with Gasteiger partial charge >= 0.3 is 6.18 Å². The van der Waals surface area contributed by atoms with Crippen LogP contribution in [-0.4, -0.2) is 88.2 Å². The van der Waals surface area contributed by atoms with Crippen LogP contribution in [0.2, 0.25) is 0 Å². The van der Waals surface area contributed by atoms with E-state index in [2.05, 4.69) is 27.0 Å². The van der Waals surface area contributed by atoms with Crippen molar-refractivity contribution in [2.75, 3.05) is 45.8 Å². The first kappa shape index (κ1) is 28.9. The molecule has 0 radical (unpaired) electrons. The van der Waals surface area contributed by atoms with Crippen LogP contribution in [0, 0.1) is 31.6 Å². The number of nitrogens with zero attached hydrogens (tertiary/aromatic N) is 5. The van der Waals surface area contributed by atoms with Crippen LogP contribution in [0.4, 0.5) is 22.0 Å². The highest BCUT2D eigenvalue weighted by atomic mass is 19.4. The SMILES string of the molecule is Cc1nc(C(F)(F)F)nc(C)c1C(=O)N1C[C@H]2CN(CCC3(c4ccccc4)CN(C(=O)C4CC(F)(F)C4)C3)C[C@H]2C1. The van der Waals surface area contributed by atoms with Gasteiger partial charge < -0.3 is 14.7 Å². The van der Waals surface area contributed by atoms with Crippen LogP contribution in [0.15, 0.2) is 30.3 Å². The topological polar surface area (TPSA) is 69.6 Å². The molecule has 0 N–H and O–H groups in total. The molecule has 7 nitrogen and oxygen atoms in total. The van der Waals surface area contributed by atoms with E-state index < -0.39 is 23.8 Å². The van der Waals surface area contributed by atoms with Gasteiger partial charge in [-0.25, -0.2) is 18.7 Å². The molecule has 2 aromatic rings. The van der Waals surface area contributed by atoms with Crippen molar-refractivity contribution in [3.8, 4) is 0 Å². The number of amides is 2. The summed E-state index contributed by atoms with van der Waals surface area (Å²) in [6.07, 6.45) is -4.57. The molecule has 4 aliphatic rings. The van der Waals surface area contributed by atoms with Crippen molar-refractivity contribution < 1.29 is 31.5 Å². The maximum absolute atomic E-state index is 13.3. The maximum atomic E-state index is 13.3. The third kappa shape index (κ3) is 5.26. The van der Waals surface area contributed by atoms with E-state index in [1.54, 1.807) is 9.80 Å². The van der Waals surface area contributed by atoms with Crippen LogP contribution in [0.3, 0.4) is 0 Å². The van der Waals surface area contributed by atoms with Crippen LogP contribution in [-0.2, 0) is 16.4 Å². The molecular weight excluding hydrogens is 557 g/mol. The number of carbonyl (C=O) groups is 2. The molecule has 3 aliphatic heterocycles. The first-order valence-electron chi connectivity index (χ1n) is 14.4. The highest BCUT2D eigenvalue weighted by molar-refractivity contribution is 5.96. The van der Waals surface area contributed by atoms with E-state index in [9.17, 15) is 31.5 Å². The number of carbonyl (C=O) groups excluding carboxylic acids is 2. The Morgan fingerprint density at radius 2 is 1.48 bits per heavy atom. The van der Waals surface area contributed by atoms with Crippen molar-refractivity contribution in [2.45, 2.75) is 50.6 Å². The Morgan fingerprint density at radius 1 is 0.905 bits per heavy atom. The van der Waals surface area contributed by atoms with Crippen molar-refractivity contribution in [3.05, 3.63) is 58.7 Å². The van der Waals surface area contributed by atoms with Crippen molar-refractivity contribution in [2.24, 2.45) is 17.8 Å². The van der Waals surface area contributed by atoms with E-state index in [4.69, 9.17) is 0 Å². The van der Waals surface area contributed by atoms with Gasteiger partial charge in [0.05, 0.1) is 17.0 Å². The number of fused-ring (bicyclic) bond motifs is 1. The van der Waals surface area contributed by atoms with E-state index in [-0.39, 0.29) is 58.9 Å². The first-order chi connectivity index (χ1) is 19.7. The molecule has 1 saturated carbocycles. The monoisotopic (exact) mass is 591 g/mol. The molecule has 2 atom stereocenters. The Labute approximate surface area is 241 Å². The minimum absolute atomic E-state index is 0.0313. The minimum atomic E-state index is -4.67. The third-order valence-corrected chi connectivity index (χ3v) is 9.62. The number of aromatic nitrogens is 2. The van der Waals surface area contributed by atoms with E-state index >= 15 is 0 Å². The zero-order chi connectivity index (χ0) is 30.0. The highest BCUT2D eigenvalue weighted by Gasteiger charge is 2.54. The van der Waals surface area contributed by atoms with E-state index in [0.717, 1.165) is 31.6 Å². The number of alkyl halides is 5. The molecule has 1 aromatic carbocycles. The summed E-state index contributed by atoms with van der Waals surface area (Å²) in [6, 6.07) is 10.0. The van der Waals surface area contributed by atoms with Crippen LogP contribution in [0.25, 0.3) is 0 Å². The van der Waals surface area contributed by atoms with Gasteiger partial charge in [-0.3, -0.25) is 9.59 Å². The van der Waals surface area contributed by atoms with E-state index in [1.807, 2.05) is 18.2 Å². The van der Waals surface area contributed by atoms with Gasteiger partial charge in [0.1, 0.15) is 0 Å². The second-order valence-electron chi connectivity index (χ2n) is 12.6. The largest absolute Gasteiger partial charge is 0.451 e. The molecule has 0 spiro atoms. The van der Waals surface area contributed by atoms with Crippen LogP contribution < -0.4 is 0 Å². The number of hydrogen-bond acceptors (Lipinski definition) is 5. The summed E-state index contributed by atoms with van der Waals surface area (Å²) >= 11 is 0. The lowest BCUT2D eigenvalue weighted by Crippen LogP contribution is -2.64. The predicted octanol–water partition coefficient (Wildman–Crippen LogP) is 4.33. The summed E-state index contributed by atoms with van der Waals surface area (Å²) in [5, 5.41) is 0. The number of rotatable bonds is 6. The van der Waals surface area contributed by atoms with Crippen molar-refractivity contribution >= 4 is 11.8 Å². The molecule has 0 bridgehead atoms. The predicted molar refractivity (Wildman–Crippen MR) is 143 cm³/mol. The number of benzene rings is 1. The molecule has 4 heterocycles. The Bertz CT molecular complexity index is 1330. The second kappa shape index (κ2) is 10.2. The molecule has 12 heteroatoms. The molecule has 6 rings (SSSR count). The second-order valence-corrected chi connectivity index (χ2v) is 12.6. The lowest BCUT2D eigenvalue weighted by molar-refractivity contribution is -0.167. The quantitative estimate of drug-likeness (QED) is 0.468. The fourth-order valence-electron chi connectivity index (χ4n) is 7.33. The highest BCUT2D eigenvalue weighted by Crippen LogP contribution is 2.46. The van der Waals surface area contributed by atoms with Crippen LogP contribution in [0.1, 0.15) is 52.4 Å². The van der Waals surface area contributed by atoms with E-state index in [1.165, 1.54) is 13.8 Å². The molecule has 1 aromatic heterocycles. The molecule has 3 saturated heterocycles. The average molecular weight is 592 g/mol. The fraction of sp³-hybridized carbons (Fsp3) is 0.600. The van der Waals surface area contributed by atoms with Gasteiger partial charge in [0.15, 0.2) is 0 Å². The van der Waals surface area contributed by atoms with Gasteiger partial charge in [0.2, 0.25) is 17.7 Å². The summed E-state index contributed by atoms with van der Waals surface area (Å²) in [7, 11) is 0. The smallest absolute Gasteiger partial charge is 0.341 e. The molecule has 226 valence electrons. The Hall–Kier alpha value is -3.15. The van der Waals surface area contributed by atoms with Gasteiger partial charge in [-0.15, -0.1) is 0 Å². The zero-order valence-corrected chi connectivity index (χ0v) is 23.6. The number of halogens is 5. The Morgan fingerprint density at radius 3 is 2.00 bits per heavy atom. The van der Waals surface area contributed by atoms with Gasteiger partial charge in [-0.1, -0.05) is 30.3 Å². The standard InChI is InChI=1S/C30H34F5N5O2/c1-18-24(19(2)37-27(36-18)30(33,34)35)26(42)39-14-21-12-38(13-22(21)15-39)9-8-28(23-6-4-3-5-7-23)16-40(17-28)25(41)20-10-29(31,32)11-20/h3-7,20-22H,8-17H2,1-2H3/t21-,22+. The van der Waals surface area contributed by atoms with Crippen molar-refractivity contribution in [1.82, 2.24) is 24.7 Å². The average Bonchev–Trinajstić information content (AvgIpc) is 3.45. The first-order valence-corrected chi connectivity index (χ1v) is 14.4.